The van der Waals surface area contributed by atoms with Gasteiger partial charge in [0, 0.05) is 19.6 Å². The fraction of sp³-hybridized carbons (Fsp3) is 0.462. The average molecular weight is 327 g/mol. The summed E-state index contributed by atoms with van der Waals surface area (Å²) in [7, 11) is -3.28. The van der Waals surface area contributed by atoms with Gasteiger partial charge in [0.1, 0.15) is 0 Å². The lowest BCUT2D eigenvalue weighted by molar-refractivity contribution is 0.0342. The van der Waals surface area contributed by atoms with Crippen LogP contribution >= 0.6 is 11.3 Å². The number of rotatable bonds is 4. The Morgan fingerprint density at radius 3 is 2.86 bits per heavy atom. The first kappa shape index (κ1) is 14.7. The maximum Gasteiger partial charge on any atom is 0.231 e. The number of thiazole rings is 1. The van der Waals surface area contributed by atoms with E-state index in [-0.39, 0.29) is 0 Å². The molecule has 1 fully saturated rings. The zero-order chi connectivity index (χ0) is 14.9. The first-order valence-corrected chi connectivity index (χ1v) is 9.38. The summed E-state index contributed by atoms with van der Waals surface area (Å²) >= 11 is 1.36. The summed E-state index contributed by atoms with van der Waals surface area (Å²) in [4.78, 5) is 6.63. The van der Waals surface area contributed by atoms with Crippen LogP contribution in [-0.4, -0.2) is 50.9 Å². The van der Waals surface area contributed by atoms with E-state index in [0.29, 0.717) is 5.13 Å². The topological polar surface area (TPSA) is 71.5 Å². The Kier molecular flexibility index (Phi) is 4.12. The highest BCUT2D eigenvalue weighted by atomic mass is 32.2. The Balaban J connectivity index is 1.79. The van der Waals surface area contributed by atoms with E-state index in [0.717, 1.165) is 49.3 Å². The quantitative estimate of drug-likeness (QED) is 0.921. The van der Waals surface area contributed by atoms with Gasteiger partial charge in [0.2, 0.25) is 10.0 Å². The third-order valence-electron chi connectivity index (χ3n) is 3.24. The van der Waals surface area contributed by atoms with Crippen LogP contribution in [0.1, 0.15) is 5.56 Å². The number of anilines is 1. The van der Waals surface area contributed by atoms with E-state index in [1.165, 1.54) is 16.9 Å². The number of aromatic nitrogens is 1. The van der Waals surface area contributed by atoms with E-state index in [9.17, 15) is 8.42 Å². The van der Waals surface area contributed by atoms with Crippen LogP contribution in [0.3, 0.4) is 0 Å². The lowest BCUT2D eigenvalue weighted by Crippen LogP contribution is -2.35. The normalized spacial score (nSPS) is 17.2. The van der Waals surface area contributed by atoms with Crippen molar-refractivity contribution < 1.29 is 13.2 Å². The monoisotopic (exact) mass is 327 g/mol. The zero-order valence-electron chi connectivity index (χ0n) is 11.7. The molecule has 114 valence electrons. The minimum atomic E-state index is -3.28. The number of ether oxygens (including phenoxy) is 1. The first-order valence-electron chi connectivity index (χ1n) is 6.67. The second kappa shape index (κ2) is 5.88. The Labute approximate surface area is 127 Å². The average Bonchev–Trinajstić information content (AvgIpc) is 2.79. The smallest absolute Gasteiger partial charge is 0.231 e. The van der Waals surface area contributed by atoms with Crippen LogP contribution in [0.25, 0.3) is 10.2 Å². The highest BCUT2D eigenvalue weighted by Gasteiger charge is 2.12. The van der Waals surface area contributed by atoms with Gasteiger partial charge in [0.05, 0.1) is 29.7 Å². The van der Waals surface area contributed by atoms with E-state index >= 15 is 0 Å². The van der Waals surface area contributed by atoms with Gasteiger partial charge in [0.25, 0.3) is 0 Å². The molecular formula is C13H17N3O3S2. The van der Waals surface area contributed by atoms with Crippen LogP contribution in [0.4, 0.5) is 5.13 Å². The lowest BCUT2D eigenvalue weighted by atomic mass is 10.2. The van der Waals surface area contributed by atoms with Crippen LogP contribution in [0.5, 0.6) is 0 Å². The van der Waals surface area contributed by atoms with Gasteiger partial charge < -0.3 is 4.74 Å². The Morgan fingerprint density at radius 2 is 2.14 bits per heavy atom. The molecule has 0 saturated carbocycles. The summed E-state index contributed by atoms with van der Waals surface area (Å²) in [6, 6.07) is 6.06. The van der Waals surface area contributed by atoms with Crippen molar-refractivity contribution in [1.29, 1.82) is 0 Å². The van der Waals surface area contributed by atoms with Crippen LogP contribution in [0.15, 0.2) is 18.2 Å². The second-order valence-electron chi connectivity index (χ2n) is 5.08. The Hall–Kier alpha value is -1.22. The molecule has 1 aromatic heterocycles. The molecule has 3 rings (SSSR count). The summed E-state index contributed by atoms with van der Waals surface area (Å²) in [6.45, 7) is 4.34. The number of sulfonamides is 1. The Bertz CT molecular complexity index is 736. The summed E-state index contributed by atoms with van der Waals surface area (Å²) in [5.41, 5.74) is 2.02. The van der Waals surface area contributed by atoms with Gasteiger partial charge in [-0.3, -0.25) is 9.62 Å². The van der Waals surface area contributed by atoms with Crippen molar-refractivity contribution in [3.8, 4) is 0 Å². The summed E-state index contributed by atoms with van der Waals surface area (Å²) in [5, 5.41) is 0.413. The molecule has 1 saturated heterocycles. The number of hydrogen-bond donors (Lipinski definition) is 1. The number of benzene rings is 1. The van der Waals surface area contributed by atoms with Gasteiger partial charge in [-0.25, -0.2) is 13.4 Å². The van der Waals surface area contributed by atoms with Crippen molar-refractivity contribution in [2.24, 2.45) is 0 Å². The fourth-order valence-corrected chi connectivity index (χ4v) is 4.05. The number of hydrogen-bond acceptors (Lipinski definition) is 6. The van der Waals surface area contributed by atoms with Gasteiger partial charge >= 0.3 is 0 Å². The molecule has 1 aromatic carbocycles. The second-order valence-corrected chi connectivity index (χ2v) is 7.86. The molecule has 8 heteroatoms. The van der Waals surface area contributed by atoms with Crippen molar-refractivity contribution in [2.45, 2.75) is 6.54 Å². The first-order chi connectivity index (χ1) is 9.99. The van der Waals surface area contributed by atoms with Gasteiger partial charge in [-0.1, -0.05) is 17.4 Å². The number of morpholine rings is 1. The molecule has 0 radical (unpaired) electrons. The molecule has 0 spiro atoms. The molecule has 1 aliphatic heterocycles. The highest BCUT2D eigenvalue weighted by Crippen LogP contribution is 2.27. The predicted molar refractivity (Wildman–Crippen MR) is 84.2 cm³/mol. The number of nitrogens with one attached hydrogen (secondary N) is 1. The molecular weight excluding hydrogens is 310 g/mol. The van der Waals surface area contributed by atoms with Gasteiger partial charge in [0.15, 0.2) is 5.13 Å². The van der Waals surface area contributed by atoms with Crippen LogP contribution in [-0.2, 0) is 21.3 Å². The number of fused-ring (bicyclic) bond motifs is 1. The molecule has 1 aliphatic rings. The van der Waals surface area contributed by atoms with Crippen LogP contribution < -0.4 is 4.72 Å². The summed E-state index contributed by atoms with van der Waals surface area (Å²) < 4.78 is 31.2. The molecule has 0 amide bonds. The van der Waals surface area contributed by atoms with Crippen molar-refractivity contribution in [3.63, 3.8) is 0 Å². The largest absolute Gasteiger partial charge is 0.379 e. The molecule has 2 aromatic rings. The van der Waals surface area contributed by atoms with Crippen LogP contribution in [0.2, 0.25) is 0 Å². The van der Waals surface area contributed by atoms with E-state index in [1.807, 2.05) is 12.1 Å². The van der Waals surface area contributed by atoms with E-state index in [4.69, 9.17) is 4.74 Å². The third kappa shape index (κ3) is 3.91. The maximum absolute atomic E-state index is 11.2. The van der Waals surface area contributed by atoms with E-state index < -0.39 is 10.0 Å². The molecule has 0 unspecified atom stereocenters. The fourth-order valence-electron chi connectivity index (χ4n) is 2.29. The van der Waals surface area contributed by atoms with Crippen molar-refractivity contribution in [3.05, 3.63) is 23.8 Å². The minimum absolute atomic E-state index is 0.413. The maximum atomic E-state index is 11.2. The van der Waals surface area contributed by atoms with Gasteiger partial charge in [-0.05, 0) is 17.7 Å². The molecule has 21 heavy (non-hydrogen) atoms. The SMILES string of the molecule is CS(=O)(=O)Nc1nc2ccc(CN3CCOCC3)cc2s1. The number of nitrogens with zero attached hydrogens (tertiary/aromatic N) is 2. The molecule has 0 aliphatic carbocycles. The zero-order valence-corrected chi connectivity index (χ0v) is 13.3. The third-order valence-corrected chi connectivity index (χ3v) is 4.86. The standard InChI is InChI=1S/C13H17N3O3S2/c1-21(17,18)15-13-14-11-3-2-10(8-12(11)20-13)9-16-4-6-19-7-5-16/h2-3,8H,4-7,9H2,1H3,(H,14,15). The molecule has 6 nitrogen and oxygen atoms in total. The molecule has 2 heterocycles. The lowest BCUT2D eigenvalue weighted by Gasteiger charge is -2.26. The van der Waals surface area contributed by atoms with E-state index in [2.05, 4.69) is 20.7 Å². The molecule has 1 N–H and O–H groups in total. The van der Waals surface area contributed by atoms with Crippen molar-refractivity contribution >= 4 is 36.7 Å². The van der Waals surface area contributed by atoms with Gasteiger partial charge in [-0.2, -0.15) is 0 Å². The van der Waals surface area contributed by atoms with Gasteiger partial charge in [-0.15, -0.1) is 0 Å². The van der Waals surface area contributed by atoms with E-state index in [1.54, 1.807) is 0 Å². The summed E-state index contributed by atoms with van der Waals surface area (Å²) in [5.74, 6) is 0. The highest BCUT2D eigenvalue weighted by molar-refractivity contribution is 7.92. The predicted octanol–water partition coefficient (Wildman–Crippen LogP) is 1.50. The van der Waals surface area contributed by atoms with Crippen molar-refractivity contribution in [2.75, 3.05) is 37.3 Å². The Morgan fingerprint density at radius 1 is 1.38 bits per heavy atom. The van der Waals surface area contributed by atoms with Crippen molar-refractivity contribution in [1.82, 2.24) is 9.88 Å². The minimum Gasteiger partial charge on any atom is -0.379 e. The summed E-state index contributed by atoms with van der Waals surface area (Å²) in [6.07, 6.45) is 1.13. The van der Waals surface area contributed by atoms with Crippen LogP contribution in [0, 0.1) is 0 Å². The molecule has 0 bridgehead atoms. The molecule has 0 atom stereocenters.